The normalized spacial score (nSPS) is 11.7. The van der Waals surface area contributed by atoms with E-state index in [4.69, 9.17) is 19.2 Å². The molecule has 13 heteroatoms. The van der Waals surface area contributed by atoms with E-state index in [2.05, 4.69) is 34.5 Å². The molecule has 266 valence electrons. The van der Waals surface area contributed by atoms with Gasteiger partial charge in [0.2, 0.25) is 5.96 Å². The summed E-state index contributed by atoms with van der Waals surface area (Å²) in [6, 6.07) is 6.96. The lowest BCUT2D eigenvalue weighted by Gasteiger charge is -2.21. The summed E-state index contributed by atoms with van der Waals surface area (Å²) in [7, 11) is 7.03. The van der Waals surface area contributed by atoms with Gasteiger partial charge >= 0.3 is 17.8 Å². The van der Waals surface area contributed by atoms with E-state index >= 15 is 0 Å². The molecule has 0 saturated carbocycles. The third-order valence-corrected chi connectivity index (χ3v) is 7.50. The summed E-state index contributed by atoms with van der Waals surface area (Å²) >= 11 is 0. The maximum absolute atomic E-state index is 13.4. The van der Waals surface area contributed by atoms with Crippen LogP contribution in [-0.2, 0) is 9.68 Å². The van der Waals surface area contributed by atoms with Crippen molar-refractivity contribution in [2.75, 3.05) is 41.3 Å². The van der Waals surface area contributed by atoms with Crippen LogP contribution < -0.4 is 10.9 Å². The highest BCUT2D eigenvalue weighted by molar-refractivity contribution is 6.11. The van der Waals surface area contributed by atoms with Crippen LogP contribution in [-0.4, -0.2) is 85.8 Å². The van der Waals surface area contributed by atoms with Gasteiger partial charge in [0.25, 0.3) is 0 Å². The number of aliphatic hydroxyl groups is 1. The lowest BCUT2D eigenvalue weighted by atomic mass is 9.97. The molecule has 2 amide bonds. The first kappa shape index (κ1) is 39.9. The molecule has 0 aliphatic heterocycles. The highest BCUT2D eigenvalue weighted by Crippen LogP contribution is 2.23. The first-order chi connectivity index (χ1) is 23.1. The Morgan fingerprint density at radius 2 is 1.40 bits per heavy atom. The molecule has 2 rings (SSSR count). The summed E-state index contributed by atoms with van der Waals surface area (Å²) in [4.78, 5) is 56.1. The van der Waals surface area contributed by atoms with Crippen molar-refractivity contribution in [2.24, 2.45) is 15.3 Å². The van der Waals surface area contributed by atoms with Crippen molar-refractivity contribution < 1.29 is 28.8 Å². The standard InChI is InChI=1S/C35H54N6O7/c1-7-9-11-13-15-20-29(38-47-34(44)36-23-18-24-42)26-19-17-22-31-27(26)25-28(32(43)46-31)30(21-16-14-12-10-8-2)39-48-35(45)37-33(40(3)4)41(5)6/h17,19,22,25,42H,7-16,18,20-21,23-24H2,1-6H3,(H,36,44)/b38-29+,39-30+. The molecule has 1 aromatic carbocycles. The Kier molecular flexibility index (Phi) is 18.6. The minimum Gasteiger partial charge on any atom is -0.422 e. The van der Waals surface area contributed by atoms with Crippen LogP contribution in [0.25, 0.3) is 11.0 Å². The number of oxime groups is 2. The molecule has 1 heterocycles. The highest BCUT2D eigenvalue weighted by Gasteiger charge is 2.19. The second-order valence-electron chi connectivity index (χ2n) is 12.0. The lowest BCUT2D eigenvalue weighted by Crippen LogP contribution is -2.36. The van der Waals surface area contributed by atoms with Crippen LogP contribution in [0.5, 0.6) is 0 Å². The van der Waals surface area contributed by atoms with E-state index in [1.807, 2.05) is 6.07 Å². The number of amides is 2. The number of hydrogen-bond donors (Lipinski definition) is 2. The van der Waals surface area contributed by atoms with Crippen molar-refractivity contribution in [2.45, 2.75) is 97.3 Å². The SMILES string of the molecule is CCCCCCC/C(=N\OC(=O)N=C(N(C)C)N(C)C)c1cc2c(/C(CCCCCCC)=N/OC(=O)NCCCO)cccc2oc1=O. The van der Waals surface area contributed by atoms with Crippen molar-refractivity contribution in [1.82, 2.24) is 15.1 Å². The second-order valence-corrected chi connectivity index (χ2v) is 12.0. The summed E-state index contributed by atoms with van der Waals surface area (Å²) in [6.45, 7) is 4.49. The third-order valence-electron chi connectivity index (χ3n) is 7.50. The zero-order chi connectivity index (χ0) is 35.3. The molecule has 0 radical (unpaired) electrons. The van der Waals surface area contributed by atoms with Gasteiger partial charge in [0.05, 0.1) is 17.0 Å². The number of carbonyl (C=O) groups excluding carboxylic acids is 2. The number of fused-ring (bicyclic) bond motifs is 1. The molecule has 13 nitrogen and oxygen atoms in total. The van der Waals surface area contributed by atoms with Gasteiger partial charge in [-0.15, -0.1) is 4.99 Å². The van der Waals surface area contributed by atoms with Gasteiger partial charge < -0.3 is 24.6 Å². The Bertz CT molecular complexity index is 1440. The fourth-order valence-corrected chi connectivity index (χ4v) is 5.04. The summed E-state index contributed by atoms with van der Waals surface area (Å²) in [5, 5.41) is 20.5. The molecule has 0 fully saturated rings. The zero-order valence-corrected chi connectivity index (χ0v) is 29.5. The molecule has 2 aromatic rings. The number of rotatable bonds is 19. The molecule has 48 heavy (non-hydrogen) atoms. The third kappa shape index (κ3) is 13.8. The predicted molar refractivity (Wildman–Crippen MR) is 190 cm³/mol. The van der Waals surface area contributed by atoms with E-state index in [9.17, 15) is 14.4 Å². The van der Waals surface area contributed by atoms with Crippen molar-refractivity contribution in [1.29, 1.82) is 0 Å². The van der Waals surface area contributed by atoms with Crippen molar-refractivity contribution in [3.05, 3.63) is 45.8 Å². The number of unbranched alkanes of at least 4 members (excludes halogenated alkanes) is 8. The summed E-state index contributed by atoms with van der Waals surface area (Å²) in [5.74, 6) is 0.372. The smallest absolute Gasteiger partial charge is 0.422 e. The Labute approximate surface area is 284 Å². The van der Waals surface area contributed by atoms with Gasteiger partial charge in [-0.3, -0.25) is 9.68 Å². The van der Waals surface area contributed by atoms with Gasteiger partial charge in [0, 0.05) is 52.3 Å². The molecule has 0 aliphatic carbocycles. The maximum atomic E-state index is 13.4. The van der Waals surface area contributed by atoms with Gasteiger partial charge in [-0.25, -0.2) is 14.4 Å². The van der Waals surface area contributed by atoms with E-state index in [-0.39, 0.29) is 24.4 Å². The average molecular weight is 671 g/mol. The first-order valence-electron chi connectivity index (χ1n) is 17.0. The van der Waals surface area contributed by atoms with Gasteiger partial charge in [0.15, 0.2) is 0 Å². The van der Waals surface area contributed by atoms with Crippen LogP contribution in [0.2, 0.25) is 0 Å². The van der Waals surface area contributed by atoms with E-state index in [1.54, 1.807) is 56.2 Å². The minimum absolute atomic E-state index is 0.0558. The number of carbonyl (C=O) groups is 2. The average Bonchev–Trinajstić information content (AvgIpc) is 3.05. The van der Waals surface area contributed by atoms with Crippen LogP contribution in [0.15, 0.2) is 48.8 Å². The van der Waals surface area contributed by atoms with E-state index < -0.39 is 17.8 Å². The van der Waals surface area contributed by atoms with Crippen LogP contribution >= 0.6 is 0 Å². The summed E-state index contributed by atoms with van der Waals surface area (Å²) in [5.41, 5.74) is 1.31. The molecule has 0 spiro atoms. The Morgan fingerprint density at radius 3 is 1.98 bits per heavy atom. The maximum Gasteiger partial charge on any atom is 0.463 e. The lowest BCUT2D eigenvalue weighted by molar-refractivity contribution is 0.149. The molecule has 0 atom stereocenters. The molecule has 0 saturated heterocycles. The highest BCUT2D eigenvalue weighted by atomic mass is 16.7. The molecule has 1 aromatic heterocycles. The van der Waals surface area contributed by atoms with Crippen molar-refractivity contribution in [3.63, 3.8) is 0 Å². The Morgan fingerprint density at radius 1 is 0.812 bits per heavy atom. The van der Waals surface area contributed by atoms with Crippen molar-refractivity contribution >= 4 is 40.5 Å². The molecule has 0 aliphatic rings. The molecule has 0 bridgehead atoms. The van der Waals surface area contributed by atoms with E-state index in [0.29, 0.717) is 47.5 Å². The van der Waals surface area contributed by atoms with Gasteiger partial charge in [-0.1, -0.05) is 87.7 Å². The number of benzene rings is 1. The monoisotopic (exact) mass is 670 g/mol. The topological polar surface area (TPSA) is 159 Å². The van der Waals surface area contributed by atoms with Crippen LogP contribution in [0.3, 0.4) is 0 Å². The molecule has 2 N–H and O–H groups in total. The van der Waals surface area contributed by atoms with E-state index in [0.717, 1.165) is 64.2 Å². The van der Waals surface area contributed by atoms with Gasteiger partial charge in [0.1, 0.15) is 5.58 Å². The summed E-state index contributed by atoms with van der Waals surface area (Å²) in [6.07, 6.45) is 9.61. The molecular weight excluding hydrogens is 616 g/mol. The fourth-order valence-electron chi connectivity index (χ4n) is 5.04. The number of hydrogen-bond acceptors (Lipinski definition) is 9. The molecular formula is C35H54N6O7. The van der Waals surface area contributed by atoms with Crippen LogP contribution in [0.4, 0.5) is 9.59 Å². The number of guanidine groups is 1. The predicted octanol–water partition coefficient (Wildman–Crippen LogP) is 6.65. The number of nitrogens with one attached hydrogen (secondary N) is 1. The second kappa shape index (κ2) is 22.3. The van der Waals surface area contributed by atoms with E-state index in [1.165, 1.54) is 0 Å². The Hall–Kier alpha value is -4.26. The van der Waals surface area contributed by atoms with Crippen molar-refractivity contribution in [3.8, 4) is 0 Å². The minimum atomic E-state index is -0.923. The Balaban J connectivity index is 2.56. The van der Waals surface area contributed by atoms with Gasteiger partial charge in [-0.2, -0.15) is 0 Å². The molecule has 0 unspecified atom stereocenters. The van der Waals surface area contributed by atoms with Crippen LogP contribution in [0, 0.1) is 0 Å². The van der Waals surface area contributed by atoms with Gasteiger partial charge in [-0.05, 0) is 44.2 Å². The number of aliphatic imine (C=N–C) groups is 1. The number of nitrogens with zero attached hydrogens (tertiary/aromatic N) is 5. The summed E-state index contributed by atoms with van der Waals surface area (Å²) < 4.78 is 5.78. The zero-order valence-electron chi connectivity index (χ0n) is 29.5. The quantitative estimate of drug-likeness (QED) is 0.0417. The van der Waals surface area contributed by atoms with Crippen LogP contribution in [0.1, 0.15) is 108 Å². The number of aliphatic hydroxyl groups excluding tert-OH is 1. The largest absolute Gasteiger partial charge is 0.463 e. The fraction of sp³-hybridized carbons (Fsp3) is 0.600. The first-order valence-corrected chi connectivity index (χ1v) is 17.0.